The van der Waals surface area contributed by atoms with Gasteiger partial charge in [0.2, 0.25) is 6.41 Å². The minimum atomic E-state index is -4.21. The fraction of sp³-hybridized carbons (Fsp3) is 0.500. The van der Waals surface area contributed by atoms with E-state index in [1.165, 1.54) is 0 Å². The zero-order chi connectivity index (χ0) is 10.5. The lowest BCUT2D eigenvalue weighted by atomic mass is 10.6. The molecule has 4 N–H and O–H groups in total. The molecule has 2 amide bonds. The van der Waals surface area contributed by atoms with Crippen LogP contribution in [0.2, 0.25) is 0 Å². The first-order valence-corrected chi connectivity index (χ1v) is 4.88. The van der Waals surface area contributed by atoms with Crippen LogP contribution in [0.4, 0.5) is 0 Å². The normalized spacial score (nSPS) is 11.0. The van der Waals surface area contributed by atoms with Crippen LogP contribution < -0.4 is 5.32 Å². The summed E-state index contributed by atoms with van der Waals surface area (Å²) in [6.07, 6.45) is -0.813. The summed E-state index contributed by atoms with van der Waals surface area (Å²) < 4.78 is 10.2. The summed E-state index contributed by atoms with van der Waals surface area (Å²) in [5, 5.41) is 10.3. The fourth-order valence-electron chi connectivity index (χ4n) is 0.448. The van der Waals surface area contributed by atoms with E-state index < -0.39 is 26.3 Å². The van der Waals surface area contributed by atoms with E-state index in [9.17, 15) is 14.2 Å². The van der Waals surface area contributed by atoms with E-state index in [1.54, 1.807) is 0 Å². The Balaban J connectivity index is 3.72. The van der Waals surface area contributed by atoms with Crippen LogP contribution >= 0.6 is 7.60 Å². The zero-order valence-electron chi connectivity index (χ0n) is 6.45. The van der Waals surface area contributed by atoms with Crippen molar-refractivity contribution in [2.45, 2.75) is 0 Å². The number of hydroxylamine groups is 2. The Labute approximate surface area is 73.3 Å². The van der Waals surface area contributed by atoms with Gasteiger partial charge < -0.3 is 9.79 Å². The largest absolute Gasteiger partial charge is 0.339 e. The lowest BCUT2D eigenvalue weighted by Crippen LogP contribution is -2.35. The highest BCUT2D eigenvalue weighted by Gasteiger charge is 2.14. The Morgan fingerprint density at radius 3 is 2.46 bits per heavy atom. The number of imide groups is 1. The maximum absolute atomic E-state index is 10.6. The van der Waals surface area contributed by atoms with Crippen LogP contribution in [0.15, 0.2) is 0 Å². The third-order valence-electron chi connectivity index (χ3n) is 0.949. The van der Waals surface area contributed by atoms with Gasteiger partial charge in [0.25, 0.3) is 5.91 Å². The average molecular weight is 212 g/mol. The van der Waals surface area contributed by atoms with Crippen molar-refractivity contribution in [1.82, 2.24) is 10.4 Å². The maximum Gasteiger partial charge on any atom is 0.339 e. The number of carbonyl (C=O) groups excluding carboxylic acids is 2. The number of hydrogen-bond donors (Lipinski definition) is 4. The summed E-state index contributed by atoms with van der Waals surface area (Å²) in [7, 11) is -4.21. The third kappa shape index (κ3) is 6.38. The Hall–Kier alpha value is -0.790. The van der Waals surface area contributed by atoms with E-state index in [2.05, 4.69) is 5.32 Å². The van der Waals surface area contributed by atoms with Crippen molar-refractivity contribution in [3.05, 3.63) is 0 Å². The van der Waals surface area contributed by atoms with Crippen molar-refractivity contribution < 1.29 is 29.1 Å². The molecule has 8 nitrogen and oxygen atoms in total. The maximum atomic E-state index is 10.6. The van der Waals surface area contributed by atoms with E-state index in [4.69, 9.17) is 15.0 Å². The SMILES string of the molecule is O=CN(O)C(=O)CNCP(=O)(O)O. The minimum absolute atomic E-state index is 0.124. The van der Waals surface area contributed by atoms with E-state index in [-0.39, 0.29) is 11.5 Å². The zero-order valence-corrected chi connectivity index (χ0v) is 7.35. The molecule has 76 valence electrons. The van der Waals surface area contributed by atoms with Gasteiger partial charge in [-0.05, 0) is 0 Å². The first-order valence-electron chi connectivity index (χ1n) is 3.08. The van der Waals surface area contributed by atoms with Crippen LogP contribution in [0, 0.1) is 0 Å². The van der Waals surface area contributed by atoms with Crippen LogP contribution in [0.3, 0.4) is 0 Å². The summed E-state index contributed by atoms with van der Waals surface area (Å²) in [6.45, 7) is -0.527. The molecule has 0 aromatic carbocycles. The monoisotopic (exact) mass is 212 g/mol. The van der Waals surface area contributed by atoms with Gasteiger partial charge in [-0.25, -0.2) is 0 Å². The van der Waals surface area contributed by atoms with Crippen molar-refractivity contribution in [2.24, 2.45) is 0 Å². The fourth-order valence-corrected chi connectivity index (χ4v) is 0.851. The molecule has 0 radical (unpaired) electrons. The summed E-state index contributed by atoms with van der Waals surface area (Å²) in [5.74, 6) is -0.997. The Morgan fingerprint density at radius 1 is 1.54 bits per heavy atom. The van der Waals surface area contributed by atoms with E-state index >= 15 is 0 Å². The topological polar surface area (TPSA) is 127 Å². The molecule has 0 heterocycles. The number of amides is 2. The molecule has 0 fully saturated rings. The molecule has 9 heteroatoms. The molecule has 0 unspecified atom stereocenters. The van der Waals surface area contributed by atoms with Gasteiger partial charge in [-0.2, -0.15) is 5.06 Å². The Bertz CT molecular complexity index is 237. The highest BCUT2D eigenvalue weighted by atomic mass is 31.2. The molecule has 0 aliphatic rings. The van der Waals surface area contributed by atoms with Gasteiger partial charge in [0.15, 0.2) is 0 Å². The smallest absolute Gasteiger partial charge is 0.324 e. The number of hydrogen-bond acceptors (Lipinski definition) is 5. The minimum Gasteiger partial charge on any atom is -0.324 e. The van der Waals surface area contributed by atoms with Crippen LogP contribution in [0.25, 0.3) is 0 Å². The number of nitrogens with one attached hydrogen (secondary N) is 1. The molecule has 0 saturated heterocycles. The van der Waals surface area contributed by atoms with Crippen LogP contribution in [-0.4, -0.2) is 45.2 Å². The van der Waals surface area contributed by atoms with Gasteiger partial charge in [0, 0.05) is 0 Å². The molecule has 0 bridgehead atoms. The average Bonchev–Trinajstić information content (AvgIpc) is 2.00. The van der Waals surface area contributed by atoms with E-state index in [0.29, 0.717) is 0 Å². The molecule has 0 aliphatic carbocycles. The molecule has 0 aliphatic heterocycles. The first kappa shape index (κ1) is 12.2. The molecule has 0 spiro atoms. The highest BCUT2D eigenvalue weighted by molar-refractivity contribution is 7.51. The molecule has 0 aromatic rings. The number of carbonyl (C=O) groups is 2. The van der Waals surface area contributed by atoms with Gasteiger partial charge in [-0.15, -0.1) is 0 Å². The van der Waals surface area contributed by atoms with Gasteiger partial charge in [0.05, 0.1) is 12.8 Å². The van der Waals surface area contributed by atoms with Crippen molar-refractivity contribution in [3.8, 4) is 0 Å². The molecule has 0 rings (SSSR count). The molecule has 0 aromatic heterocycles. The predicted octanol–water partition coefficient (Wildman–Crippen LogP) is -1.91. The second-order valence-corrected chi connectivity index (χ2v) is 3.74. The molecule has 13 heavy (non-hydrogen) atoms. The molecular formula is C4H9N2O6P. The summed E-state index contributed by atoms with van der Waals surface area (Å²) in [6, 6.07) is 0. The van der Waals surface area contributed by atoms with Crippen LogP contribution in [0.5, 0.6) is 0 Å². The van der Waals surface area contributed by atoms with Crippen molar-refractivity contribution >= 4 is 19.9 Å². The molecular weight excluding hydrogens is 203 g/mol. The quantitative estimate of drug-likeness (QED) is 0.181. The second kappa shape index (κ2) is 5.05. The van der Waals surface area contributed by atoms with Crippen molar-refractivity contribution in [2.75, 3.05) is 12.8 Å². The lowest BCUT2D eigenvalue weighted by Gasteiger charge is -2.08. The van der Waals surface area contributed by atoms with Gasteiger partial charge >= 0.3 is 7.60 Å². The van der Waals surface area contributed by atoms with Crippen molar-refractivity contribution in [3.63, 3.8) is 0 Å². The van der Waals surface area contributed by atoms with Gasteiger partial charge in [-0.1, -0.05) is 0 Å². The van der Waals surface area contributed by atoms with Crippen molar-refractivity contribution in [1.29, 1.82) is 0 Å². The van der Waals surface area contributed by atoms with E-state index in [0.717, 1.165) is 0 Å². The second-order valence-electron chi connectivity index (χ2n) is 2.09. The van der Waals surface area contributed by atoms with Gasteiger partial charge in [0.1, 0.15) is 0 Å². The van der Waals surface area contributed by atoms with Crippen LogP contribution in [-0.2, 0) is 14.2 Å². The number of nitrogens with zero attached hydrogens (tertiary/aromatic N) is 1. The molecule has 0 atom stereocenters. The Morgan fingerprint density at radius 2 is 2.08 bits per heavy atom. The summed E-state index contributed by atoms with van der Waals surface area (Å²) in [5.41, 5.74) is 0. The van der Waals surface area contributed by atoms with Gasteiger partial charge in [-0.3, -0.25) is 24.7 Å². The third-order valence-corrected chi connectivity index (χ3v) is 1.58. The van der Waals surface area contributed by atoms with Crippen LogP contribution in [0.1, 0.15) is 0 Å². The lowest BCUT2D eigenvalue weighted by molar-refractivity contribution is -0.169. The first-order chi connectivity index (χ1) is 5.87. The number of rotatable bonds is 5. The standard InChI is InChI=1S/C4H9N2O6P/c7-3-6(9)4(8)1-5-2-13(10,11)12/h3,5,9H,1-2H2,(H2,10,11,12). The Kier molecular flexibility index (Phi) is 4.74. The summed E-state index contributed by atoms with van der Waals surface area (Å²) >= 11 is 0. The summed E-state index contributed by atoms with van der Waals surface area (Å²) in [4.78, 5) is 37.0. The van der Waals surface area contributed by atoms with E-state index in [1.807, 2.05) is 0 Å². The predicted molar refractivity (Wildman–Crippen MR) is 39.6 cm³/mol. The highest BCUT2D eigenvalue weighted by Crippen LogP contribution is 2.31. The molecule has 0 saturated carbocycles.